The van der Waals surface area contributed by atoms with Crippen molar-refractivity contribution in [2.24, 2.45) is 0 Å². The average Bonchev–Trinajstić information content (AvgIpc) is 2.80. The molecule has 1 unspecified atom stereocenters. The van der Waals surface area contributed by atoms with Crippen LogP contribution in [0, 0.1) is 6.92 Å². The summed E-state index contributed by atoms with van der Waals surface area (Å²) in [6.45, 7) is 3.28. The fourth-order valence-corrected chi connectivity index (χ4v) is 3.00. The molecule has 0 fully saturated rings. The van der Waals surface area contributed by atoms with E-state index in [4.69, 9.17) is 14.2 Å². The van der Waals surface area contributed by atoms with Crippen LogP contribution < -0.4 is 14.2 Å². The molecule has 2 heterocycles. The quantitative estimate of drug-likeness (QED) is 0.802. The molecule has 2 aliphatic rings. The van der Waals surface area contributed by atoms with E-state index in [1.54, 1.807) is 0 Å². The van der Waals surface area contributed by atoms with Crippen molar-refractivity contribution in [2.45, 2.75) is 25.9 Å². The van der Waals surface area contributed by atoms with Gasteiger partial charge in [-0.1, -0.05) is 17.7 Å². The van der Waals surface area contributed by atoms with Crippen molar-refractivity contribution in [3.05, 3.63) is 53.1 Å². The van der Waals surface area contributed by atoms with Gasteiger partial charge in [0.2, 0.25) is 0 Å². The first kappa shape index (κ1) is 14.1. The first-order valence-electron chi connectivity index (χ1n) is 7.91. The predicted octanol–water partition coefficient (Wildman–Crippen LogP) is 3.86. The van der Waals surface area contributed by atoms with Crippen LogP contribution in [0.2, 0.25) is 0 Å². The highest BCUT2D eigenvalue weighted by molar-refractivity contribution is 6.00. The standard InChI is InChI=1S/C19H18O4/c1-12-3-5-16-14(9-12)15(20)11-18(23-16)13-4-6-17-19(10-13)22-8-2-7-21-17/h3-6,9-10,18H,2,7-8,11H2,1H3. The third-order valence-corrected chi connectivity index (χ3v) is 4.22. The first-order valence-corrected chi connectivity index (χ1v) is 7.91. The van der Waals surface area contributed by atoms with Crippen LogP contribution in [-0.4, -0.2) is 19.0 Å². The second kappa shape index (κ2) is 5.61. The summed E-state index contributed by atoms with van der Waals surface area (Å²) in [6, 6.07) is 11.5. The number of aryl methyl sites for hydroxylation is 1. The summed E-state index contributed by atoms with van der Waals surface area (Å²) >= 11 is 0. The van der Waals surface area contributed by atoms with Crippen LogP contribution in [0.1, 0.15) is 40.4 Å². The maximum Gasteiger partial charge on any atom is 0.170 e. The maximum absolute atomic E-state index is 12.4. The number of carbonyl (C=O) groups is 1. The fourth-order valence-electron chi connectivity index (χ4n) is 3.00. The molecule has 0 aromatic heterocycles. The van der Waals surface area contributed by atoms with Gasteiger partial charge in [0.25, 0.3) is 0 Å². The lowest BCUT2D eigenvalue weighted by molar-refractivity contribution is 0.0849. The minimum Gasteiger partial charge on any atom is -0.490 e. The van der Waals surface area contributed by atoms with E-state index in [0.717, 1.165) is 29.0 Å². The highest BCUT2D eigenvalue weighted by Crippen LogP contribution is 2.38. The average molecular weight is 310 g/mol. The number of rotatable bonds is 1. The van der Waals surface area contributed by atoms with Gasteiger partial charge in [-0.25, -0.2) is 0 Å². The van der Waals surface area contributed by atoms with Gasteiger partial charge in [-0.2, -0.15) is 0 Å². The molecule has 0 saturated heterocycles. The highest BCUT2D eigenvalue weighted by atomic mass is 16.5. The van der Waals surface area contributed by atoms with Crippen molar-refractivity contribution < 1.29 is 19.0 Å². The largest absolute Gasteiger partial charge is 0.490 e. The summed E-state index contributed by atoms with van der Waals surface area (Å²) in [7, 11) is 0. The van der Waals surface area contributed by atoms with Crippen LogP contribution in [0.3, 0.4) is 0 Å². The number of hydrogen-bond acceptors (Lipinski definition) is 4. The molecule has 0 radical (unpaired) electrons. The Morgan fingerprint density at radius 2 is 1.74 bits per heavy atom. The Morgan fingerprint density at radius 1 is 0.957 bits per heavy atom. The zero-order valence-electron chi connectivity index (χ0n) is 13.0. The number of ketones is 1. The zero-order valence-corrected chi connectivity index (χ0v) is 13.0. The lowest BCUT2D eigenvalue weighted by Gasteiger charge is -2.26. The molecule has 2 aromatic carbocycles. The summed E-state index contributed by atoms with van der Waals surface area (Å²) in [5.41, 5.74) is 2.68. The Kier molecular flexibility index (Phi) is 3.45. The molecular formula is C19H18O4. The number of carbonyl (C=O) groups excluding carboxylic acids is 1. The van der Waals surface area contributed by atoms with Crippen LogP contribution in [0.5, 0.6) is 17.2 Å². The van der Waals surface area contributed by atoms with Crippen LogP contribution in [0.25, 0.3) is 0 Å². The number of ether oxygens (including phenoxy) is 3. The SMILES string of the molecule is Cc1ccc2c(c1)C(=O)CC(c1ccc3c(c1)OCCCO3)O2. The molecule has 0 aliphatic carbocycles. The number of hydrogen-bond donors (Lipinski definition) is 0. The van der Waals surface area contributed by atoms with Gasteiger partial charge in [0.15, 0.2) is 17.3 Å². The highest BCUT2D eigenvalue weighted by Gasteiger charge is 2.28. The van der Waals surface area contributed by atoms with Crippen molar-refractivity contribution in [1.29, 1.82) is 0 Å². The van der Waals surface area contributed by atoms with Crippen LogP contribution in [0.15, 0.2) is 36.4 Å². The molecule has 1 atom stereocenters. The Labute approximate surface area is 135 Å². The van der Waals surface area contributed by atoms with E-state index >= 15 is 0 Å². The molecular weight excluding hydrogens is 292 g/mol. The van der Waals surface area contributed by atoms with E-state index < -0.39 is 0 Å². The molecule has 0 amide bonds. The van der Waals surface area contributed by atoms with E-state index in [2.05, 4.69) is 0 Å². The monoisotopic (exact) mass is 310 g/mol. The van der Waals surface area contributed by atoms with Crippen molar-refractivity contribution in [2.75, 3.05) is 13.2 Å². The fraction of sp³-hybridized carbons (Fsp3) is 0.316. The van der Waals surface area contributed by atoms with Crippen molar-refractivity contribution >= 4 is 5.78 Å². The summed E-state index contributed by atoms with van der Waals surface area (Å²) in [5, 5.41) is 0. The van der Waals surface area contributed by atoms with E-state index in [1.807, 2.05) is 43.3 Å². The van der Waals surface area contributed by atoms with Crippen LogP contribution >= 0.6 is 0 Å². The van der Waals surface area contributed by atoms with Crippen molar-refractivity contribution in [3.63, 3.8) is 0 Å². The molecule has 23 heavy (non-hydrogen) atoms. The topological polar surface area (TPSA) is 44.8 Å². The second-order valence-corrected chi connectivity index (χ2v) is 5.99. The van der Waals surface area contributed by atoms with Crippen LogP contribution in [0.4, 0.5) is 0 Å². The minimum absolute atomic E-state index is 0.118. The Bertz CT molecular complexity index is 766. The van der Waals surface area contributed by atoms with Crippen LogP contribution in [-0.2, 0) is 0 Å². The van der Waals surface area contributed by atoms with Gasteiger partial charge < -0.3 is 14.2 Å². The van der Waals surface area contributed by atoms with E-state index in [0.29, 0.717) is 30.9 Å². The molecule has 0 N–H and O–H groups in total. The molecule has 0 bridgehead atoms. The summed E-state index contributed by atoms with van der Waals surface area (Å²) in [6.07, 6.45) is 0.931. The molecule has 4 nitrogen and oxygen atoms in total. The first-order chi connectivity index (χ1) is 11.2. The van der Waals surface area contributed by atoms with E-state index in [-0.39, 0.29) is 11.9 Å². The van der Waals surface area contributed by atoms with E-state index in [9.17, 15) is 4.79 Å². The van der Waals surface area contributed by atoms with Gasteiger partial charge in [-0.05, 0) is 36.8 Å². The minimum atomic E-state index is -0.283. The van der Waals surface area contributed by atoms with Gasteiger partial charge in [-0.3, -0.25) is 4.79 Å². The Hall–Kier alpha value is -2.49. The summed E-state index contributed by atoms with van der Waals surface area (Å²) in [4.78, 5) is 12.4. The van der Waals surface area contributed by atoms with Gasteiger partial charge in [0.1, 0.15) is 11.9 Å². The third-order valence-electron chi connectivity index (χ3n) is 4.22. The Balaban J connectivity index is 1.65. The van der Waals surface area contributed by atoms with Gasteiger partial charge in [-0.15, -0.1) is 0 Å². The summed E-state index contributed by atoms with van der Waals surface area (Å²) in [5.74, 6) is 2.26. The van der Waals surface area contributed by atoms with Crippen molar-refractivity contribution in [1.82, 2.24) is 0 Å². The molecule has 2 aliphatic heterocycles. The molecule has 118 valence electrons. The normalized spacial score (nSPS) is 19.5. The summed E-state index contributed by atoms with van der Waals surface area (Å²) < 4.78 is 17.4. The predicted molar refractivity (Wildman–Crippen MR) is 85.5 cm³/mol. The maximum atomic E-state index is 12.4. The molecule has 0 spiro atoms. The Morgan fingerprint density at radius 3 is 2.61 bits per heavy atom. The lowest BCUT2D eigenvalue weighted by atomic mass is 9.95. The smallest absolute Gasteiger partial charge is 0.170 e. The van der Waals surface area contributed by atoms with Gasteiger partial charge >= 0.3 is 0 Å². The van der Waals surface area contributed by atoms with E-state index in [1.165, 1.54) is 0 Å². The van der Waals surface area contributed by atoms with Gasteiger partial charge in [0.05, 0.1) is 25.2 Å². The molecule has 4 heteroatoms. The number of benzene rings is 2. The molecule has 4 rings (SSSR count). The van der Waals surface area contributed by atoms with Gasteiger partial charge in [0, 0.05) is 6.42 Å². The molecule has 0 saturated carbocycles. The lowest BCUT2D eigenvalue weighted by Crippen LogP contribution is -2.20. The number of Topliss-reactive ketones (excluding diaryl/α,β-unsaturated/α-hetero) is 1. The second-order valence-electron chi connectivity index (χ2n) is 5.99. The zero-order chi connectivity index (χ0) is 15.8. The third kappa shape index (κ3) is 2.65. The molecule has 2 aromatic rings. The number of fused-ring (bicyclic) bond motifs is 2. The van der Waals surface area contributed by atoms with Crippen molar-refractivity contribution in [3.8, 4) is 17.2 Å².